The van der Waals surface area contributed by atoms with Crippen molar-refractivity contribution >= 4 is 27.3 Å². The summed E-state index contributed by atoms with van der Waals surface area (Å²) >= 11 is 1.59. The van der Waals surface area contributed by atoms with Crippen molar-refractivity contribution in [1.82, 2.24) is 10.0 Å². The summed E-state index contributed by atoms with van der Waals surface area (Å²) < 4.78 is 27.2. The summed E-state index contributed by atoms with van der Waals surface area (Å²) in [6.45, 7) is 6.14. The molecule has 0 saturated carbocycles. The van der Waals surface area contributed by atoms with Crippen molar-refractivity contribution in [2.75, 3.05) is 0 Å². The van der Waals surface area contributed by atoms with Gasteiger partial charge in [-0.05, 0) is 61.8 Å². The van der Waals surface area contributed by atoms with Crippen molar-refractivity contribution in [3.63, 3.8) is 0 Å². The highest BCUT2D eigenvalue weighted by atomic mass is 32.2. The molecule has 5 nitrogen and oxygen atoms in total. The molecule has 1 aromatic carbocycles. The van der Waals surface area contributed by atoms with Crippen LogP contribution in [-0.2, 0) is 35.2 Å². The molecule has 0 radical (unpaired) electrons. The minimum Gasteiger partial charge on any atom is -0.347 e. The number of rotatable bonds is 8. The molecule has 2 aromatic rings. The van der Waals surface area contributed by atoms with Crippen LogP contribution in [0.3, 0.4) is 0 Å². The first-order chi connectivity index (χ1) is 13.8. The van der Waals surface area contributed by atoms with Gasteiger partial charge in [-0.2, -0.15) is 0 Å². The number of thiophene rings is 1. The van der Waals surface area contributed by atoms with Gasteiger partial charge in [-0.25, -0.2) is 13.1 Å². The molecule has 0 bridgehead atoms. The van der Waals surface area contributed by atoms with Gasteiger partial charge in [0.25, 0.3) is 5.91 Å². The van der Waals surface area contributed by atoms with Crippen molar-refractivity contribution in [2.45, 2.75) is 64.8 Å². The lowest BCUT2D eigenvalue weighted by Crippen LogP contribution is -2.31. The van der Waals surface area contributed by atoms with E-state index in [0.717, 1.165) is 29.2 Å². The van der Waals surface area contributed by atoms with Crippen LogP contribution in [0.25, 0.3) is 0 Å². The number of aryl methyl sites for hydroxylation is 1. The number of amides is 1. The standard InChI is InChI=1S/C22H30N2O3S2/c1-4-16-9-10-20-19(11-16)12-21(28-20)22(25)23-13-17-7-5-6-8-18(17)14-29(26,27)24-15(2)3/h5-8,12,15-16,24H,4,9-11,13-14H2,1-3H3,(H,23,25). The SMILES string of the molecule is CCC1CCc2sc(C(=O)NCc3ccccc3CS(=O)(=O)NC(C)C)cc2C1. The van der Waals surface area contributed by atoms with Crippen molar-refractivity contribution in [3.05, 3.63) is 56.8 Å². The number of hydrogen-bond donors (Lipinski definition) is 2. The van der Waals surface area contributed by atoms with E-state index in [1.165, 1.54) is 23.3 Å². The van der Waals surface area contributed by atoms with Crippen LogP contribution in [0.15, 0.2) is 30.3 Å². The summed E-state index contributed by atoms with van der Waals surface area (Å²) in [5.74, 6) is 0.542. The highest BCUT2D eigenvalue weighted by Crippen LogP contribution is 2.33. The summed E-state index contributed by atoms with van der Waals surface area (Å²) in [6, 6.07) is 9.25. The Kier molecular flexibility index (Phi) is 7.14. The molecule has 158 valence electrons. The molecular weight excluding hydrogens is 404 g/mol. The lowest BCUT2D eigenvalue weighted by Gasteiger charge is -2.19. The third-order valence-electron chi connectivity index (χ3n) is 5.30. The lowest BCUT2D eigenvalue weighted by molar-refractivity contribution is 0.0955. The van der Waals surface area contributed by atoms with Crippen LogP contribution in [0.4, 0.5) is 0 Å². The fourth-order valence-electron chi connectivity index (χ4n) is 3.80. The predicted molar refractivity (Wildman–Crippen MR) is 119 cm³/mol. The zero-order valence-electron chi connectivity index (χ0n) is 17.3. The molecule has 1 amide bonds. The maximum absolute atomic E-state index is 12.7. The van der Waals surface area contributed by atoms with Crippen LogP contribution in [-0.4, -0.2) is 20.4 Å². The van der Waals surface area contributed by atoms with Crippen LogP contribution >= 0.6 is 11.3 Å². The van der Waals surface area contributed by atoms with Gasteiger partial charge in [0.1, 0.15) is 0 Å². The van der Waals surface area contributed by atoms with E-state index in [0.29, 0.717) is 12.1 Å². The molecule has 0 aliphatic heterocycles. The van der Waals surface area contributed by atoms with Crippen molar-refractivity contribution in [1.29, 1.82) is 0 Å². The van der Waals surface area contributed by atoms with E-state index in [9.17, 15) is 13.2 Å². The second-order valence-corrected chi connectivity index (χ2v) is 10.9. The van der Waals surface area contributed by atoms with Crippen molar-refractivity contribution < 1.29 is 13.2 Å². The molecule has 29 heavy (non-hydrogen) atoms. The van der Waals surface area contributed by atoms with Crippen LogP contribution in [0, 0.1) is 5.92 Å². The van der Waals surface area contributed by atoms with E-state index < -0.39 is 10.0 Å². The molecule has 2 N–H and O–H groups in total. The van der Waals surface area contributed by atoms with Gasteiger partial charge in [-0.1, -0.05) is 37.6 Å². The predicted octanol–water partition coefficient (Wildman–Crippen LogP) is 4.02. The summed E-state index contributed by atoms with van der Waals surface area (Å²) in [5, 5.41) is 2.97. The Morgan fingerprint density at radius 1 is 1.24 bits per heavy atom. The average Bonchev–Trinajstić information content (AvgIpc) is 3.09. The second-order valence-electron chi connectivity index (χ2n) is 8.06. The molecule has 1 heterocycles. The maximum atomic E-state index is 12.7. The van der Waals surface area contributed by atoms with Gasteiger partial charge in [0.05, 0.1) is 10.6 Å². The van der Waals surface area contributed by atoms with Crippen LogP contribution in [0.2, 0.25) is 0 Å². The number of sulfonamides is 1. The first-order valence-corrected chi connectivity index (χ1v) is 12.7. The van der Waals surface area contributed by atoms with Gasteiger partial charge in [0, 0.05) is 17.5 Å². The number of carbonyl (C=O) groups is 1. The Hall–Kier alpha value is -1.70. The molecule has 1 unspecified atom stereocenters. The average molecular weight is 435 g/mol. The first-order valence-electron chi connectivity index (χ1n) is 10.2. The number of benzene rings is 1. The summed E-state index contributed by atoms with van der Waals surface area (Å²) in [4.78, 5) is 14.8. The highest BCUT2D eigenvalue weighted by molar-refractivity contribution is 7.88. The van der Waals surface area contributed by atoms with Gasteiger partial charge >= 0.3 is 0 Å². The number of nitrogens with one attached hydrogen (secondary N) is 2. The summed E-state index contributed by atoms with van der Waals surface area (Å²) in [7, 11) is -3.42. The molecule has 0 fully saturated rings. The summed E-state index contributed by atoms with van der Waals surface area (Å²) in [5.41, 5.74) is 2.85. The van der Waals surface area contributed by atoms with Crippen LogP contribution < -0.4 is 10.0 Å². The Labute approximate surface area is 178 Å². The van der Waals surface area contributed by atoms with E-state index in [1.54, 1.807) is 31.3 Å². The largest absolute Gasteiger partial charge is 0.347 e. The monoisotopic (exact) mass is 434 g/mol. The normalized spacial score (nSPS) is 16.6. The maximum Gasteiger partial charge on any atom is 0.261 e. The lowest BCUT2D eigenvalue weighted by atomic mass is 9.87. The van der Waals surface area contributed by atoms with Crippen LogP contribution in [0.1, 0.15) is 64.9 Å². The molecule has 1 aromatic heterocycles. The molecule has 1 aliphatic rings. The van der Waals surface area contributed by atoms with Gasteiger partial charge in [-0.15, -0.1) is 11.3 Å². The third-order valence-corrected chi connectivity index (χ3v) is 8.06. The first kappa shape index (κ1) is 22.0. The van der Waals surface area contributed by atoms with E-state index >= 15 is 0 Å². The fourth-order valence-corrected chi connectivity index (χ4v) is 6.42. The quantitative estimate of drug-likeness (QED) is 0.659. The smallest absolute Gasteiger partial charge is 0.261 e. The van der Waals surface area contributed by atoms with E-state index in [-0.39, 0.29) is 17.7 Å². The van der Waals surface area contributed by atoms with Gasteiger partial charge in [0.15, 0.2) is 0 Å². The van der Waals surface area contributed by atoms with Crippen LogP contribution in [0.5, 0.6) is 0 Å². The number of carbonyl (C=O) groups excluding carboxylic acids is 1. The summed E-state index contributed by atoms with van der Waals surface area (Å²) in [6.07, 6.45) is 4.52. The molecule has 1 atom stereocenters. The Bertz CT molecular complexity index is 964. The molecule has 0 saturated heterocycles. The van der Waals surface area contributed by atoms with Gasteiger partial charge < -0.3 is 5.32 Å². The van der Waals surface area contributed by atoms with E-state index in [4.69, 9.17) is 0 Å². The van der Waals surface area contributed by atoms with Gasteiger partial charge in [0.2, 0.25) is 10.0 Å². The zero-order chi connectivity index (χ0) is 21.0. The van der Waals surface area contributed by atoms with E-state index in [1.807, 2.05) is 24.3 Å². The number of fused-ring (bicyclic) bond motifs is 1. The topological polar surface area (TPSA) is 75.3 Å². The molecule has 0 spiro atoms. The Morgan fingerprint density at radius 2 is 1.97 bits per heavy atom. The second kappa shape index (κ2) is 9.41. The molecule has 3 rings (SSSR count). The molecule has 1 aliphatic carbocycles. The number of hydrogen-bond acceptors (Lipinski definition) is 4. The van der Waals surface area contributed by atoms with Gasteiger partial charge in [-0.3, -0.25) is 4.79 Å². The van der Waals surface area contributed by atoms with E-state index in [2.05, 4.69) is 17.0 Å². The minimum atomic E-state index is -3.42. The van der Waals surface area contributed by atoms with Crippen molar-refractivity contribution in [3.8, 4) is 0 Å². The highest BCUT2D eigenvalue weighted by Gasteiger charge is 2.22. The Balaban J connectivity index is 1.66. The van der Waals surface area contributed by atoms with Crippen molar-refractivity contribution in [2.24, 2.45) is 5.92 Å². The zero-order valence-corrected chi connectivity index (χ0v) is 19.0. The fraction of sp³-hybridized carbons (Fsp3) is 0.500. The third kappa shape index (κ3) is 5.90. The molecular formula is C22H30N2O3S2. The Morgan fingerprint density at radius 3 is 2.66 bits per heavy atom. The minimum absolute atomic E-state index is 0.0876. The molecule has 7 heteroatoms.